The Labute approximate surface area is 90.4 Å². The molecule has 1 aromatic heterocycles. The lowest BCUT2D eigenvalue weighted by molar-refractivity contribution is 0.586. The van der Waals surface area contributed by atoms with Crippen LogP contribution in [0.4, 0.5) is 0 Å². The molecule has 0 aromatic carbocycles. The van der Waals surface area contributed by atoms with E-state index in [1.165, 1.54) is 0 Å². The maximum atomic E-state index is 11.7. The topological polar surface area (TPSA) is 73.0 Å². The summed E-state index contributed by atoms with van der Waals surface area (Å²) in [5, 5.41) is -0.372. The lowest BCUT2D eigenvalue weighted by Crippen LogP contribution is -2.18. The fraction of sp³-hybridized carbons (Fsp3) is 0.500. The molecule has 1 rings (SSSR count). The number of nitrogens with zero attached hydrogens (tertiary/aromatic N) is 1. The molecule has 84 valence electrons. The monoisotopic (exact) mass is 228 g/mol. The van der Waals surface area contributed by atoms with Gasteiger partial charge < -0.3 is 5.73 Å². The van der Waals surface area contributed by atoms with Crippen LogP contribution in [-0.2, 0) is 22.1 Å². The van der Waals surface area contributed by atoms with E-state index in [1.54, 1.807) is 32.2 Å². The summed E-state index contributed by atoms with van der Waals surface area (Å²) in [6, 6.07) is 3.49. The molecule has 0 radical (unpaired) electrons. The Kier molecular flexibility index (Phi) is 3.82. The number of sulfone groups is 1. The zero-order valence-corrected chi connectivity index (χ0v) is 9.79. The molecule has 0 fully saturated rings. The zero-order chi connectivity index (χ0) is 11.5. The van der Waals surface area contributed by atoms with Crippen molar-refractivity contribution in [2.45, 2.75) is 31.4 Å². The highest BCUT2D eigenvalue weighted by molar-refractivity contribution is 7.91. The first-order valence-corrected chi connectivity index (χ1v) is 6.53. The van der Waals surface area contributed by atoms with E-state index >= 15 is 0 Å². The molecule has 2 N–H and O–H groups in total. The summed E-state index contributed by atoms with van der Waals surface area (Å²) in [5.41, 5.74) is 6.85. The predicted molar refractivity (Wildman–Crippen MR) is 59.9 cm³/mol. The Balaban J connectivity index is 3.00. The Bertz CT molecular complexity index is 427. The first-order chi connectivity index (χ1) is 6.97. The van der Waals surface area contributed by atoms with Gasteiger partial charge in [-0.1, -0.05) is 6.07 Å². The number of nitrogens with two attached hydrogens (primary N) is 1. The van der Waals surface area contributed by atoms with Gasteiger partial charge in [0.2, 0.25) is 0 Å². The number of hydrogen-bond donors (Lipinski definition) is 1. The Morgan fingerprint density at radius 3 is 2.67 bits per heavy atom. The number of hydrogen-bond acceptors (Lipinski definition) is 4. The van der Waals surface area contributed by atoms with Crippen molar-refractivity contribution >= 4 is 9.84 Å². The average molecular weight is 228 g/mol. The van der Waals surface area contributed by atoms with Gasteiger partial charge in [0.15, 0.2) is 9.84 Å². The van der Waals surface area contributed by atoms with Crippen molar-refractivity contribution < 1.29 is 8.42 Å². The van der Waals surface area contributed by atoms with Gasteiger partial charge in [-0.05, 0) is 25.5 Å². The van der Waals surface area contributed by atoms with Gasteiger partial charge in [-0.3, -0.25) is 4.98 Å². The van der Waals surface area contributed by atoms with Crippen LogP contribution in [0.5, 0.6) is 0 Å². The van der Waals surface area contributed by atoms with Crippen molar-refractivity contribution in [3.05, 3.63) is 29.6 Å². The van der Waals surface area contributed by atoms with E-state index in [0.29, 0.717) is 11.3 Å². The van der Waals surface area contributed by atoms with E-state index < -0.39 is 9.84 Å². The van der Waals surface area contributed by atoms with Crippen LogP contribution >= 0.6 is 0 Å². The molecule has 0 saturated heterocycles. The van der Waals surface area contributed by atoms with E-state index in [4.69, 9.17) is 5.73 Å². The zero-order valence-electron chi connectivity index (χ0n) is 8.97. The molecule has 0 saturated carbocycles. The molecule has 0 spiro atoms. The van der Waals surface area contributed by atoms with Crippen molar-refractivity contribution in [1.29, 1.82) is 0 Å². The SMILES string of the molecule is CC(C)S(=O)(=O)Cc1cccnc1CN. The third-order valence-electron chi connectivity index (χ3n) is 2.25. The Morgan fingerprint density at radius 2 is 2.13 bits per heavy atom. The lowest BCUT2D eigenvalue weighted by atomic mass is 10.2. The van der Waals surface area contributed by atoms with E-state index in [2.05, 4.69) is 4.98 Å². The highest BCUT2D eigenvalue weighted by Gasteiger charge is 2.18. The summed E-state index contributed by atoms with van der Waals surface area (Å²) in [4.78, 5) is 4.05. The van der Waals surface area contributed by atoms with Gasteiger partial charge in [-0.15, -0.1) is 0 Å². The third-order valence-corrected chi connectivity index (χ3v) is 4.40. The first-order valence-electron chi connectivity index (χ1n) is 4.81. The average Bonchev–Trinajstić information content (AvgIpc) is 2.18. The fourth-order valence-corrected chi connectivity index (χ4v) is 2.20. The van der Waals surface area contributed by atoms with Gasteiger partial charge in [-0.2, -0.15) is 0 Å². The molecule has 4 nitrogen and oxygen atoms in total. The second-order valence-corrected chi connectivity index (χ2v) is 6.23. The van der Waals surface area contributed by atoms with Gasteiger partial charge in [0.05, 0.1) is 16.7 Å². The lowest BCUT2D eigenvalue weighted by Gasteiger charge is -2.09. The van der Waals surface area contributed by atoms with E-state index in [-0.39, 0.29) is 17.5 Å². The minimum Gasteiger partial charge on any atom is -0.325 e. The summed E-state index contributed by atoms with van der Waals surface area (Å²) in [7, 11) is -3.08. The van der Waals surface area contributed by atoms with Crippen molar-refractivity contribution in [2.24, 2.45) is 5.73 Å². The predicted octanol–water partition coefficient (Wildman–Crippen LogP) is 0.864. The van der Waals surface area contributed by atoms with Gasteiger partial charge in [0.1, 0.15) is 0 Å². The van der Waals surface area contributed by atoms with Gasteiger partial charge in [0.25, 0.3) is 0 Å². The van der Waals surface area contributed by atoms with E-state index in [0.717, 1.165) is 0 Å². The summed E-state index contributed by atoms with van der Waals surface area (Å²) in [5.74, 6) is 0.0189. The molecular weight excluding hydrogens is 212 g/mol. The molecule has 15 heavy (non-hydrogen) atoms. The van der Waals surface area contributed by atoms with Crippen molar-refractivity contribution in [1.82, 2.24) is 4.98 Å². The van der Waals surface area contributed by atoms with Crippen LogP contribution in [0.15, 0.2) is 18.3 Å². The molecular formula is C10H16N2O2S. The number of aromatic nitrogens is 1. The third kappa shape index (κ3) is 3.00. The van der Waals surface area contributed by atoms with Gasteiger partial charge in [0, 0.05) is 12.7 Å². The highest BCUT2D eigenvalue weighted by Crippen LogP contribution is 2.13. The summed E-state index contributed by atoms with van der Waals surface area (Å²) in [6.45, 7) is 3.62. The molecule has 0 aliphatic heterocycles. The highest BCUT2D eigenvalue weighted by atomic mass is 32.2. The molecule has 0 aliphatic carbocycles. The fourth-order valence-electron chi connectivity index (χ4n) is 1.17. The first kappa shape index (κ1) is 12.1. The van der Waals surface area contributed by atoms with Crippen LogP contribution < -0.4 is 5.73 Å². The smallest absolute Gasteiger partial charge is 0.156 e. The Morgan fingerprint density at radius 1 is 1.47 bits per heavy atom. The van der Waals surface area contributed by atoms with Crippen molar-refractivity contribution in [2.75, 3.05) is 0 Å². The maximum absolute atomic E-state index is 11.7. The van der Waals surface area contributed by atoms with Gasteiger partial charge >= 0.3 is 0 Å². The van der Waals surface area contributed by atoms with E-state index in [9.17, 15) is 8.42 Å². The van der Waals surface area contributed by atoms with Crippen LogP contribution in [0, 0.1) is 0 Å². The molecule has 5 heteroatoms. The normalized spacial score (nSPS) is 12.0. The standard InChI is InChI=1S/C10H16N2O2S/c1-8(2)15(13,14)7-9-4-3-5-12-10(9)6-11/h3-5,8H,6-7,11H2,1-2H3. The summed E-state index contributed by atoms with van der Waals surface area (Å²) >= 11 is 0. The second-order valence-electron chi connectivity index (χ2n) is 3.67. The minimum atomic E-state index is -3.08. The van der Waals surface area contributed by atoms with E-state index in [1.807, 2.05) is 0 Å². The molecule has 0 aliphatic rings. The maximum Gasteiger partial charge on any atom is 0.156 e. The van der Waals surface area contributed by atoms with Crippen molar-refractivity contribution in [3.63, 3.8) is 0 Å². The quantitative estimate of drug-likeness (QED) is 0.829. The van der Waals surface area contributed by atoms with Crippen LogP contribution in [0.2, 0.25) is 0 Å². The molecule has 0 atom stereocenters. The van der Waals surface area contributed by atoms with Crippen LogP contribution in [-0.4, -0.2) is 18.7 Å². The molecule has 0 unspecified atom stereocenters. The van der Waals surface area contributed by atoms with Crippen LogP contribution in [0.1, 0.15) is 25.1 Å². The summed E-state index contributed by atoms with van der Waals surface area (Å²) < 4.78 is 23.4. The van der Waals surface area contributed by atoms with Crippen LogP contribution in [0.3, 0.4) is 0 Å². The molecule has 1 aromatic rings. The molecule has 0 bridgehead atoms. The molecule has 1 heterocycles. The van der Waals surface area contributed by atoms with Gasteiger partial charge in [-0.25, -0.2) is 8.42 Å². The number of rotatable bonds is 4. The molecule has 0 amide bonds. The minimum absolute atomic E-state index is 0.0189. The Hall–Kier alpha value is -0.940. The van der Waals surface area contributed by atoms with Crippen molar-refractivity contribution in [3.8, 4) is 0 Å². The second kappa shape index (κ2) is 4.72. The summed E-state index contributed by atoms with van der Waals surface area (Å²) in [6.07, 6.45) is 1.62. The van der Waals surface area contributed by atoms with Crippen LogP contribution in [0.25, 0.3) is 0 Å². The largest absolute Gasteiger partial charge is 0.325 e. The number of pyridine rings is 1.